The number of aliphatic hydroxyl groups excluding tert-OH is 1. The third-order valence-corrected chi connectivity index (χ3v) is 6.95. The van der Waals surface area contributed by atoms with Gasteiger partial charge in [0, 0.05) is 6.54 Å². The third kappa shape index (κ3) is 5.85. The van der Waals surface area contributed by atoms with Crippen LogP contribution in [0.15, 0.2) is 35.6 Å². The van der Waals surface area contributed by atoms with Crippen molar-refractivity contribution >= 4 is 23.0 Å². The number of hydrogen-bond donors (Lipinski definition) is 1. The first-order valence-corrected chi connectivity index (χ1v) is 12.7. The summed E-state index contributed by atoms with van der Waals surface area (Å²) < 4.78 is 5.83. The molecule has 0 bridgehead atoms. The molecule has 3 rings (SSSR count). The first kappa shape index (κ1) is 25.9. The van der Waals surface area contributed by atoms with E-state index in [1.54, 1.807) is 11.8 Å². The van der Waals surface area contributed by atoms with Gasteiger partial charge in [-0.25, -0.2) is 4.98 Å². The first-order valence-electron chi connectivity index (χ1n) is 11.8. The molecule has 0 saturated heterocycles. The minimum absolute atomic E-state index is 0.123. The summed E-state index contributed by atoms with van der Waals surface area (Å²) >= 11 is 1.29. The van der Waals surface area contributed by atoms with Crippen molar-refractivity contribution in [2.75, 3.05) is 33.8 Å². The first-order chi connectivity index (χ1) is 16.2. The van der Waals surface area contributed by atoms with Crippen LogP contribution in [0.4, 0.5) is 0 Å². The van der Waals surface area contributed by atoms with Crippen molar-refractivity contribution in [1.29, 1.82) is 0 Å². The molecule has 0 fully saturated rings. The summed E-state index contributed by atoms with van der Waals surface area (Å²) in [5.41, 5.74) is 1.50. The standard InChI is InChI=1S/C26H35N3O4S/c1-6-7-8-16-33-20-12-10-19(11-13-20)22-21(23(30)25-17(2)27-18(3)34-25)24(31)26(32)29(22)15-9-14-28(4)5/h10-13,22,31H,6-9,14-16H2,1-5H3. The molecule has 0 radical (unpaired) electrons. The average molecular weight is 486 g/mol. The summed E-state index contributed by atoms with van der Waals surface area (Å²) in [6.45, 7) is 7.64. The van der Waals surface area contributed by atoms with Crippen molar-refractivity contribution in [1.82, 2.24) is 14.8 Å². The van der Waals surface area contributed by atoms with Crippen LogP contribution >= 0.6 is 11.3 Å². The Morgan fingerprint density at radius 3 is 2.47 bits per heavy atom. The van der Waals surface area contributed by atoms with Gasteiger partial charge in [-0.05, 0) is 65.0 Å². The molecule has 0 spiro atoms. The number of Topliss-reactive ketones (excluding diaryl/α,β-unsaturated/α-hetero) is 1. The number of carbonyl (C=O) groups is 2. The number of aryl methyl sites for hydroxylation is 2. The van der Waals surface area contributed by atoms with E-state index >= 15 is 0 Å². The Balaban J connectivity index is 1.92. The van der Waals surface area contributed by atoms with Crippen LogP contribution in [-0.4, -0.2) is 65.4 Å². The number of unbranched alkanes of at least 4 members (excludes halogenated alkanes) is 2. The Bertz CT molecular complexity index is 1040. The molecule has 34 heavy (non-hydrogen) atoms. The minimum atomic E-state index is -0.655. The zero-order chi connectivity index (χ0) is 24.8. The van der Waals surface area contributed by atoms with Gasteiger partial charge in [-0.2, -0.15) is 0 Å². The smallest absolute Gasteiger partial charge is 0.290 e. The summed E-state index contributed by atoms with van der Waals surface area (Å²) in [6, 6.07) is 6.83. The monoisotopic (exact) mass is 485 g/mol. The summed E-state index contributed by atoms with van der Waals surface area (Å²) in [6.07, 6.45) is 3.97. The Hall–Kier alpha value is -2.71. The number of thiazole rings is 1. The molecule has 2 aromatic rings. The molecular formula is C26H35N3O4S. The van der Waals surface area contributed by atoms with Crippen molar-refractivity contribution in [3.05, 3.63) is 56.7 Å². The van der Waals surface area contributed by atoms with Crippen LogP contribution in [0.3, 0.4) is 0 Å². The van der Waals surface area contributed by atoms with E-state index in [1.165, 1.54) is 11.3 Å². The molecule has 1 unspecified atom stereocenters. The van der Waals surface area contributed by atoms with E-state index in [2.05, 4.69) is 11.9 Å². The second-order valence-electron chi connectivity index (χ2n) is 8.92. The number of ketones is 1. The van der Waals surface area contributed by atoms with E-state index < -0.39 is 17.7 Å². The van der Waals surface area contributed by atoms with Gasteiger partial charge in [0.05, 0.1) is 33.8 Å². The van der Waals surface area contributed by atoms with E-state index in [4.69, 9.17) is 4.74 Å². The number of amides is 1. The van der Waals surface area contributed by atoms with Crippen LogP contribution in [0.25, 0.3) is 0 Å². The molecule has 1 aliphatic heterocycles. The third-order valence-electron chi connectivity index (χ3n) is 5.87. The van der Waals surface area contributed by atoms with Gasteiger partial charge in [0.2, 0.25) is 5.78 Å². The Morgan fingerprint density at radius 2 is 1.88 bits per heavy atom. The van der Waals surface area contributed by atoms with Crippen molar-refractivity contribution in [2.45, 2.75) is 52.5 Å². The number of aliphatic hydroxyl groups is 1. The van der Waals surface area contributed by atoms with Crippen molar-refractivity contribution in [2.24, 2.45) is 0 Å². The van der Waals surface area contributed by atoms with Gasteiger partial charge in [-0.3, -0.25) is 9.59 Å². The molecule has 1 aromatic carbocycles. The van der Waals surface area contributed by atoms with Crippen molar-refractivity contribution < 1.29 is 19.4 Å². The fraction of sp³-hybridized carbons (Fsp3) is 0.500. The Kier molecular flexibility index (Phi) is 8.85. The molecule has 8 heteroatoms. The topological polar surface area (TPSA) is 83.0 Å². The highest BCUT2D eigenvalue weighted by Gasteiger charge is 2.44. The van der Waals surface area contributed by atoms with Gasteiger partial charge in [0.1, 0.15) is 5.75 Å². The molecule has 1 aliphatic rings. The second kappa shape index (κ2) is 11.6. The largest absolute Gasteiger partial charge is 0.503 e. The predicted molar refractivity (Wildman–Crippen MR) is 135 cm³/mol. The highest BCUT2D eigenvalue weighted by Crippen LogP contribution is 2.40. The van der Waals surface area contributed by atoms with Gasteiger partial charge in [0.15, 0.2) is 5.76 Å². The van der Waals surface area contributed by atoms with Crippen LogP contribution in [0, 0.1) is 13.8 Å². The average Bonchev–Trinajstić information content (AvgIpc) is 3.27. The maximum absolute atomic E-state index is 13.6. The number of carbonyl (C=O) groups excluding carboxylic acids is 2. The zero-order valence-corrected chi connectivity index (χ0v) is 21.6. The molecule has 0 saturated carbocycles. The highest BCUT2D eigenvalue weighted by atomic mass is 32.1. The lowest BCUT2D eigenvalue weighted by Crippen LogP contribution is -2.33. The van der Waals surface area contributed by atoms with E-state index in [0.717, 1.165) is 48.5 Å². The number of benzene rings is 1. The number of aromatic nitrogens is 1. The van der Waals surface area contributed by atoms with Gasteiger partial charge in [0.25, 0.3) is 5.91 Å². The molecular weight excluding hydrogens is 450 g/mol. The van der Waals surface area contributed by atoms with Crippen molar-refractivity contribution in [3.63, 3.8) is 0 Å². The van der Waals surface area contributed by atoms with Gasteiger partial charge >= 0.3 is 0 Å². The van der Waals surface area contributed by atoms with E-state index in [0.29, 0.717) is 23.7 Å². The minimum Gasteiger partial charge on any atom is -0.503 e. The van der Waals surface area contributed by atoms with Gasteiger partial charge in [-0.1, -0.05) is 31.9 Å². The normalized spacial score (nSPS) is 16.1. The van der Waals surface area contributed by atoms with Crippen LogP contribution in [0.5, 0.6) is 5.75 Å². The van der Waals surface area contributed by atoms with Crippen molar-refractivity contribution in [3.8, 4) is 5.75 Å². The lowest BCUT2D eigenvalue weighted by Gasteiger charge is -2.27. The summed E-state index contributed by atoms with van der Waals surface area (Å²) in [5, 5.41) is 11.6. The predicted octanol–water partition coefficient (Wildman–Crippen LogP) is 4.86. The van der Waals surface area contributed by atoms with Crippen LogP contribution in [0.1, 0.15) is 64.6 Å². The van der Waals surface area contributed by atoms with Gasteiger partial charge in [-0.15, -0.1) is 11.3 Å². The Labute approximate surface area is 206 Å². The Morgan fingerprint density at radius 1 is 1.18 bits per heavy atom. The fourth-order valence-electron chi connectivity index (χ4n) is 4.17. The molecule has 184 valence electrons. The summed E-state index contributed by atoms with van der Waals surface area (Å²) in [4.78, 5) is 35.1. The fourth-order valence-corrected chi connectivity index (χ4v) is 5.05. The zero-order valence-electron chi connectivity index (χ0n) is 20.8. The highest BCUT2D eigenvalue weighted by molar-refractivity contribution is 7.14. The summed E-state index contributed by atoms with van der Waals surface area (Å²) in [5.74, 6) is -0.566. The second-order valence-corrected chi connectivity index (χ2v) is 10.1. The number of hydrogen-bond acceptors (Lipinski definition) is 7. The SMILES string of the molecule is CCCCCOc1ccc(C2C(C(=O)c3sc(C)nc3C)=C(O)C(=O)N2CCCN(C)C)cc1. The van der Waals surface area contributed by atoms with Crippen LogP contribution < -0.4 is 4.74 Å². The molecule has 0 aliphatic carbocycles. The summed E-state index contributed by atoms with van der Waals surface area (Å²) in [7, 11) is 3.95. The molecule has 7 nitrogen and oxygen atoms in total. The lowest BCUT2D eigenvalue weighted by atomic mass is 9.95. The number of nitrogens with zero attached hydrogens (tertiary/aromatic N) is 3. The molecule has 2 heterocycles. The maximum atomic E-state index is 13.6. The van der Waals surface area contributed by atoms with E-state index in [1.807, 2.05) is 50.2 Å². The van der Waals surface area contributed by atoms with E-state index in [-0.39, 0.29) is 11.4 Å². The molecule has 1 N–H and O–H groups in total. The van der Waals surface area contributed by atoms with E-state index in [9.17, 15) is 14.7 Å². The van der Waals surface area contributed by atoms with Gasteiger partial charge < -0.3 is 19.6 Å². The lowest BCUT2D eigenvalue weighted by molar-refractivity contribution is -0.129. The quantitative estimate of drug-likeness (QED) is 0.342. The number of rotatable bonds is 12. The molecule has 1 aromatic heterocycles. The van der Waals surface area contributed by atoms with Crippen LogP contribution in [-0.2, 0) is 4.79 Å². The maximum Gasteiger partial charge on any atom is 0.290 e. The number of ether oxygens (including phenoxy) is 1. The molecule has 1 amide bonds. The van der Waals surface area contributed by atoms with Crippen LogP contribution in [0.2, 0.25) is 0 Å². The molecule has 1 atom stereocenters.